The fourth-order valence-electron chi connectivity index (χ4n) is 2.99. The van der Waals surface area contributed by atoms with Gasteiger partial charge in [-0.05, 0) is 48.9 Å². The van der Waals surface area contributed by atoms with Gasteiger partial charge in [-0.15, -0.1) is 11.8 Å². The lowest BCUT2D eigenvalue weighted by Crippen LogP contribution is -2.22. The van der Waals surface area contributed by atoms with Gasteiger partial charge in [0.2, 0.25) is 15.9 Å². The van der Waals surface area contributed by atoms with Gasteiger partial charge in [0.1, 0.15) is 11.3 Å². The molecule has 31 heavy (non-hydrogen) atoms. The molecule has 0 spiro atoms. The van der Waals surface area contributed by atoms with E-state index in [0.717, 1.165) is 31.5 Å². The summed E-state index contributed by atoms with van der Waals surface area (Å²) in [5.74, 6) is 1.14. The number of methoxy groups -OCH3 is 1. The van der Waals surface area contributed by atoms with E-state index in [1.165, 1.54) is 38.0 Å². The summed E-state index contributed by atoms with van der Waals surface area (Å²) in [4.78, 5) is 17.1. The molecule has 1 aromatic heterocycles. The lowest BCUT2D eigenvalue weighted by Gasteiger charge is -2.12. The third kappa shape index (κ3) is 5.36. The number of anilines is 1. The van der Waals surface area contributed by atoms with Crippen molar-refractivity contribution in [2.75, 3.05) is 32.3 Å². The fraction of sp³-hybridized carbons (Fsp3) is 0.273. The van der Waals surface area contributed by atoms with Gasteiger partial charge >= 0.3 is 0 Å². The minimum absolute atomic E-state index is 0.147. The first-order valence-electron chi connectivity index (χ1n) is 9.62. The van der Waals surface area contributed by atoms with Crippen molar-refractivity contribution in [2.45, 2.75) is 23.3 Å². The van der Waals surface area contributed by atoms with Gasteiger partial charge in [0.25, 0.3) is 0 Å². The van der Waals surface area contributed by atoms with Crippen molar-refractivity contribution in [3.8, 4) is 5.75 Å². The summed E-state index contributed by atoms with van der Waals surface area (Å²) in [6.07, 6.45) is 0.299. The number of amides is 1. The number of hydrogen-bond acceptors (Lipinski definition) is 6. The number of fused-ring (bicyclic) bond motifs is 1. The van der Waals surface area contributed by atoms with E-state index in [9.17, 15) is 13.2 Å². The van der Waals surface area contributed by atoms with Crippen LogP contribution in [0.2, 0.25) is 0 Å². The minimum Gasteiger partial charge on any atom is -0.494 e. The average Bonchev–Trinajstić information content (AvgIpc) is 2.73. The van der Waals surface area contributed by atoms with Gasteiger partial charge in [-0.3, -0.25) is 4.79 Å². The topological polar surface area (TPSA) is 88.6 Å². The van der Waals surface area contributed by atoms with Crippen LogP contribution in [0, 0.1) is 6.92 Å². The van der Waals surface area contributed by atoms with Crippen molar-refractivity contribution in [2.24, 2.45) is 0 Å². The van der Waals surface area contributed by atoms with Crippen LogP contribution in [-0.2, 0) is 14.8 Å². The quantitative estimate of drug-likeness (QED) is 0.514. The first-order valence-corrected chi connectivity index (χ1v) is 12.0. The molecule has 1 amide bonds. The molecule has 1 heterocycles. The molecule has 0 aliphatic rings. The third-order valence-electron chi connectivity index (χ3n) is 4.70. The molecule has 0 unspecified atom stereocenters. The van der Waals surface area contributed by atoms with Crippen molar-refractivity contribution in [3.63, 3.8) is 0 Å². The Bertz CT molecular complexity index is 1190. The maximum atomic E-state index is 12.3. The van der Waals surface area contributed by atoms with E-state index in [-0.39, 0.29) is 10.8 Å². The van der Waals surface area contributed by atoms with Crippen molar-refractivity contribution in [3.05, 3.63) is 54.1 Å². The summed E-state index contributed by atoms with van der Waals surface area (Å²) in [5, 5.41) is 4.67. The summed E-state index contributed by atoms with van der Waals surface area (Å²) in [6.45, 7) is 2.03. The first-order chi connectivity index (χ1) is 14.7. The zero-order chi connectivity index (χ0) is 22.6. The van der Waals surface area contributed by atoms with E-state index < -0.39 is 10.0 Å². The van der Waals surface area contributed by atoms with E-state index in [4.69, 9.17) is 4.74 Å². The Labute approximate surface area is 186 Å². The molecule has 0 saturated heterocycles. The number of benzene rings is 2. The highest BCUT2D eigenvalue weighted by atomic mass is 32.2. The number of aryl methyl sites for hydroxylation is 1. The number of nitrogens with one attached hydrogen (secondary N) is 1. The van der Waals surface area contributed by atoms with E-state index in [2.05, 4.69) is 10.3 Å². The first kappa shape index (κ1) is 23.1. The van der Waals surface area contributed by atoms with Gasteiger partial charge in [0, 0.05) is 37.3 Å². The Kier molecular flexibility index (Phi) is 7.19. The van der Waals surface area contributed by atoms with Crippen LogP contribution < -0.4 is 10.1 Å². The Balaban J connectivity index is 1.59. The largest absolute Gasteiger partial charge is 0.494 e. The lowest BCUT2D eigenvalue weighted by atomic mass is 10.1. The van der Waals surface area contributed by atoms with Crippen molar-refractivity contribution in [1.29, 1.82) is 0 Å². The summed E-state index contributed by atoms with van der Waals surface area (Å²) in [6, 6.07) is 14.0. The molecule has 0 saturated carbocycles. The lowest BCUT2D eigenvalue weighted by molar-refractivity contribution is -0.115. The molecule has 9 heteroatoms. The zero-order valence-electron chi connectivity index (χ0n) is 17.9. The second kappa shape index (κ2) is 9.67. The number of nitrogens with zero attached hydrogens (tertiary/aromatic N) is 2. The fourth-order valence-corrected chi connectivity index (χ4v) is 4.81. The molecule has 3 aromatic rings. The van der Waals surface area contributed by atoms with Gasteiger partial charge in [0.05, 0.1) is 17.0 Å². The Morgan fingerprint density at radius 3 is 2.52 bits per heavy atom. The van der Waals surface area contributed by atoms with Crippen molar-refractivity contribution < 1.29 is 17.9 Å². The summed E-state index contributed by atoms with van der Waals surface area (Å²) < 4.78 is 30.8. The van der Waals surface area contributed by atoms with Crippen LogP contribution in [0.25, 0.3) is 10.9 Å². The SMILES string of the molecule is COc1cccc2c(C)cc(SCCC(=O)Nc3ccc(S(=O)(=O)N(C)C)cc3)nc12. The second-order valence-electron chi connectivity index (χ2n) is 7.09. The van der Waals surface area contributed by atoms with Crippen LogP contribution in [0.3, 0.4) is 0 Å². The Morgan fingerprint density at radius 2 is 1.87 bits per heavy atom. The Hall–Kier alpha value is -2.62. The number of aromatic nitrogens is 1. The number of thioether (sulfide) groups is 1. The molecule has 0 aliphatic carbocycles. The standard InChI is InChI=1S/C22H25N3O4S2/c1-15-14-21(24-22-18(15)6-5-7-19(22)29-4)30-13-12-20(26)23-16-8-10-17(11-9-16)31(27,28)25(2)3/h5-11,14H,12-13H2,1-4H3,(H,23,26). The number of carbonyl (C=O) groups excluding carboxylic acids is 1. The van der Waals surface area contributed by atoms with Gasteiger partial charge in [0.15, 0.2) is 0 Å². The number of sulfonamides is 1. The van der Waals surface area contributed by atoms with Crippen LogP contribution in [0.5, 0.6) is 5.75 Å². The number of pyridine rings is 1. The number of rotatable bonds is 8. The highest BCUT2D eigenvalue weighted by Crippen LogP contribution is 2.29. The maximum Gasteiger partial charge on any atom is 0.242 e. The monoisotopic (exact) mass is 459 g/mol. The van der Waals surface area contributed by atoms with Crippen LogP contribution >= 0.6 is 11.8 Å². The molecular formula is C22H25N3O4S2. The molecule has 2 aromatic carbocycles. The number of hydrogen-bond donors (Lipinski definition) is 1. The number of para-hydroxylation sites is 1. The molecule has 1 N–H and O–H groups in total. The molecule has 0 aliphatic heterocycles. The molecule has 164 valence electrons. The number of ether oxygens (including phenoxy) is 1. The van der Waals surface area contributed by atoms with E-state index in [0.29, 0.717) is 17.9 Å². The van der Waals surface area contributed by atoms with E-state index >= 15 is 0 Å². The van der Waals surface area contributed by atoms with Gasteiger partial charge in [-0.2, -0.15) is 0 Å². The van der Waals surface area contributed by atoms with Crippen LogP contribution in [0.4, 0.5) is 5.69 Å². The highest BCUT2D eigenvalue weighted by molar-refractivity contribution is 7.99. The minimum atomic E-state index is -3.49. The maximum absolute atomic E-state index is 12.3. The smallest absolute Gasteiger partial charge is 0.242 e. The van der Waals surface area contributed by atoms with Gasteiger partial charge < -0.3 is 10.1 Å². The molecule has 0 bridgehead atoms. The van der Waals surface area contributed by atoms with Crippen LogP contribution in [0.15, 0.2) is 58.5 Å². The third-order valence-corrected chi connectivity index (χ3v) is 7.44. The summed E-state index contributed by atoms with van der Waals surface area (Å²) in [7, 11) is 1.09. The molecule has 0 fully saturated rings. The van der Waals surface area contributed by atoms with Gasteiger partial charge in [-0.25, -0.2) is 17.7 Å². The van der Waals surface area contributed by atoms with Crippen LogP contribution in [-0.4, -0.2) is 50.6 Å². The molecule has 7 nitrogen and oxygen atoms in total. The number of carbonyl (C=O) groups is 1. The predicted molar refractivity (Wildman–Crippen MR) is 124 cm³/mol. The highest BCUT2D eigenvalue weighted by Gasteiger charge is 2.16. The average molecular weight is 460 g/mol. The van der Waals surface area contributed by atoms with Gasteiger partial charge in [-0.1, -0.05) is 12.1 Å². The van der Waals surface area contributed by atoms with E-state index in [1.807, 2.05) is 31.2 Å². The van der Waals surface area contributed by atoms with Crippen molar-refractivity contribution in [1.82, 2.24) is 9.29 Å². The van der Waals surface area contributed by atoms with Crippen LogP contribution in [0.1, 0.15) is 12.0 Å². The second-order valence-corrected chi connectivity index (χ2v) is 10.4. The Morgan fingerprint density at radius 1 is 1.16 bits per heavy atom. The summed E-state index contributed by atoms with van der Waals surface area (Å²) >= 11 is 1.50. The molecule has 0 atom stereocenters. The molecule has 0 radical (unpaired) electrons. The predicted octanol–water partition coefficient (Wildman–Crippen LogP) is 3.92. The zero-order valence-corrected chi connectivity index (χ0v) is 19.5. The molecular weight excluding hydrogens is 434 g/mol. The normalized spacial score (nSPS) is 11.6. The van der Waals surface area contributed by atoms with Crippen molar-refractivity contribution >= 4 is 44.3 Å². The summed E-state index contributed by atoms with van der Waals surface area (Å²) in [5.41, 5.74) is 2.46. The molecule has 3 rings (SSSR count). The van der Waals surface area contributed by atoms with E-state index in [1.54, 1.807) is 19.2 Å².